The standard InChI is InChI=1S/C26H33N3O5S/c1-5-35(32,33)18-9-11-29(15-21-19-8-10-28-25(19)16(2)12-24(21)34-4)23(14-18)17-6-7-20(26(30)31)22(13-17)27-3/h6-8,10,12-13,18,23,27-28H,5,9,11,14-15H2,1-4H3,(H,30,31)/t18-,23?/m0/s1. The summed E-state index contributed by atoms with van der Waals surface area (Å²) in [5, 5.41) is 13.2. The van der Waals surface area contributed by atoms with Crippen molar-refractivity contribution in [3.8, 4) is 5.75 Å². The minimum absolute atomic E-state index is 0.111. The molecule has 2 atom stereocenters. The fourth-order valence-corrected chi connectivity index (χ4v) is 6.64. The lowest BCUT2D eigenvalue weighted by atomic mass is 9.92. The number of aryl methyl sites for hydroxylation is 1. The highest BCUT2D eigenvalue weighted by molar-refractivity contribution is 7.92. The summed E-state index contributed by atoms with van der Waals surface area (Å²) >= 11 is 0. The summed E-state index contributed by atoms with van der Waals surface area (Å²) in [7, 11) is 0.148. The predicted molar refractivity (Wildman–Crippen MR) is 138 cm³/mol. The molecule has 0 radical (unpaired) electrons. The van der Waals surface area contributed by atoms with Gasteiger partial charge in [0.1, 0.15) is 5.75 Å². The summed E-state index contributed by atoms with van der Waals surface area (Å²) in [5.41, 5.74) is 4.79. The summed E-state index contributed by atoms with van der Waals surface area (Å²) in [6, 6.07) is 9.12. The second kappa shape index (κ2) is 9.91. The maximum atomic E-state index is 12.8. The number of H-pyrrole nitrogens is 1. The predicted octanol–water partition coefficient (Wildman–Crippen LogP) is 4.37. The van der Waals surface area contributed by atoms with Gasteiger partial charge in [-0.05, 0) is 55.2 Å². The first kappa shape index (κ1) is 25.1. The van der Waals surface area contributed by atoms with Crippen LogP contribution in [0.3, 0.4) is 0 Å². The largest absolute Gasteiger partial charge is 0.496 e. The van der Waals surface area contributed by atoms with Crippen LogP contribution in [0.4, 0.5) is 5.69 Å². The molecular formula is C26H33N3O5S. The highest BCUT2D eigenvalue weighted by Gasteiger charge is 2.36. The van der Waals surface area contributed by atoms with Crippen molar-refractivity contribution in [1.82, 2.24) is 9.88 Å². The molecule has 0 bridgehead atoms. The molecular weight excluding hydrogens is 466 g/mol. The first-order valence-electron chi connectivity index (χ1n) is 11.8. The smallest absolute Gasteiger partial charge is 0.337 e. The number of sulfone groups is 1. The molecule has 188 valence electrons. The van der Waals surface area contributed by atoms with E-state index in [4.69, 9.17) is 4.74 Å². The second-order valence-corrected chi connectivity index (χ2v) is 11.7. The number of nitrogens with zero attached hydrogens (tertiary/aromatic N) is 1. The maximum absolute atomic E-state index is 12.8. The van der Waals surface area contributed by atoms with Gasteiger partial charge in [0, 0.05) is 60.3 Å². The van der Waals surface area contributed by atoms with Gasteiger partial charge in [0.2, 0.25) is 0 Å². The molecule has 3 aromatic rings. The molecule has 1 aliphatic rings. The Morgan fingerprint density at radius 3 is 2.71 bits per heavy atom. The zero-order valence-electron chi connectivity index (χ0n) is 20.6. The van der Waals surface area contributed by atoms with E-state index in [1.807, 2.05) is 31.3 Å². The number of likely N-dealkylation sites (tertiary alicyclic amines) is 1. The van der Waals surface area contributed by atoms with E-state index in [0.29, 0.717) is 31.6 Å². The number of hydrogen-bond acceptors (Lipinski definition) is 6. The van der Waals surface area contributed by atoms with Crippen molar-refractivity contribution in [2.75, 3.05) is 31.8 Å². The Kier molecular flexibility index (Phi) is 7.10. The van der Waals surface area contributed by atoms with Crippen LogP contribution in [0, 0.1) is 6.92 Å². The molecule has 1 aromatic heterocycles. The number of fused-ring (bicyclic) bond motifs is 1. The number of aromatic nitrogens is 1. The van der Waals surface area contributed by atoms with E-state index < -0.39 is 21.1 Å². The number of piperidine rings is 1. The third-order valence-electron chi connectivity index (χ3n) is 7.20. The molecule has 3 N–H and O–H groups in total. The minimum Gasteiger partial charge on any atom is -0.496 e. The lowest BCUT2D eigenvalue weighted by molar-refractivity contribution is 0.0698. The first-order valence-corrected chi connectivity index (χ1v) is 13.6. The molecule has 0 spiro atoms. The van der Waals surface area contributed by atoms with Crippen LogP contribution in [0.2, 0.25) is 0 Å². The average molecular weight is 500 g/mol. The number of nitrogens with one attached hydrogen (secondary N) is 2. The number of aromatic amines is 1. The fourth-order valence-electron chi connectivity index (χ4n) is 5.23. The SMILES string of the molecule is CCS(=O)(=O)[C@H]1CCN(Cc2c(OC)cc(C)c3[nH]ccc23)C(c2ccc(C(=O)O)c(NC)c2)C1. The molecule has 0 saturated carbocycles. The molecule has 8 nitrogen and oxygen atoms in total. The molecule has 1 fully saturated rings. The van der Waals surface area contributed by atoms with Crippen molar-refractivity contribution in [3.63, 3.8) is 0 Å². The number of carboxylic acid groups (broad SMARTS) is 1. The van der Waals surface area contributed by atoms with Crippen LogP contribution < -0.4 is 10.1 Å². The highest BCUT2D eigenvalue weighted by Crippen LogP contribution is 2.39. The topological polar surface area (TPSA) is 112 Å². The Balaban J connectivity index is 1.78. The van der Waals surface area contributed by atoms with E-state index in [1.54, 1.807) is 33.2 Å². The van der Waals surface area contributed by atoms with Gasteiger partial charge in [-0.1, -0.05) is 13.0 Å². The highest BCUT2D eigenvalue weighted by atomic mass is 32.2. The average Bonchev–Trinajstić information content (AvgIpc) is 3.36. The number of anilines is 1. The van der Waals surface area contributed by atoms with Crippen LogP contribution in [0.5, 0.6) is 5.75 Å². The Bertz CT molecular complexity index is 1350. The van der Waals surface area contributed by atoms with Gasteiger partial charge in [-0.25, -0.2) is 13.2 Å². The molecule has 1 unspecified atom stereocenters. The molecule has 1 saturated heterocycles. The van der Waals surface area contributed by atoms with Crippen LogP contribution >= 0.6 is 0 Å². The molecule has 2 aromatic carbocycles. The van der Waals surface area contributed by atoms with Crippen molar-refractivity contribution in [2.24, 2.45) is 0 Å². The number of hydrogen-bond donors (Lipinski definition) is 3. The van der Waals surface area contributed by atoms with E-state index in [1.165, 1.54) is 0 Å². The summed E-state index contributed by atoms with van der Waals surface area (Å²) in [6.07, 6.45) is 2.93. The van der Waals surface area contributed by atoms with Crippen LogP contribution in [-0.4, -0.2) is 61.1 Å². The molecule has 1 aliphatic heterocycles. The third-order valence-corrected chi connectivity index (χ3v) is 9.44. The van der Waals surface area contributed by atoms with Crippen LogP contribution in [0.25, 0.3) is 10.9 Å². The zero-order chi connectivity index (χ0) is 25.3. The van der Waals surface area contributed by atoms with Crippen molar-refractivity contribution in [1.29, 1.82) is 0 Å². The number of carboxylic acids is 1. The third kappa shape index (κ3) is 4.75. The van der Waals surface area contributed by atoms with Gasteiger partial charge in [-0.3, -0.25) is 4.90 Å². The van der Waals surface area contributed by atoms with Gasteiger partial charge < -0.3 is 20.1 Å². The Morgan fingerprint density at radius 2 is 2.06 bits per heavy atom. The molecule has 2 heterocycles. The molecule has 0 aliphatic carbocycles. The van der Waals surface area contributed by atoms with Gasteiger partial charge in [0.25, 0.3) is 0 Å². The van der Waals surface area contributed by atoms with Crippen LogP contribution in [-0.2, 0) is 16.4 Å². The summed E-state index contributed by atoms with van der Waals surface area (Å²) in [5.74, 6) is -0.0966. The zero-order valence-corrected chi connectivity index (χ0v) is 21.4. The summed E-state index contributed by atoms with van der Waals surface area (Å²) < 4.78 is 31.4. The number of rotatable bonds is 8. The number of methoxy groups -OCH3 is 1. The lowest BCUT2D eigenvalue weighted by Crippen LogP contribution is -2.41. The Hall–Kier alpha value is -3.04. The second-order valence-electron chi connectivity index (χ2n) is 9.08. The van der Waals surface area contributed by atoms with Crippen molar-refractivity contribution < 1.29 is 23.1 Å². The van der Waals surface area contributed by atoms with E-state index in [-0.39, 0.29) is 17.4 Å². The molecule has 9 heteroatoms. The molecule has 35 heavy (non-hydrogen) atoms. The fraction of sp³-hybridized carbons (Fsp3) is 0.423. The summed E-state index contributed by atoms with van der Waals surface area (Å²) in [6.45, 7) is 4.92. The Labute approximate surface area is 206 Å². The quantitative estimate of drug-likeness (QED) is 0.422. The Morgan fingerprint density at radius 1 is 1.29 bits per heavy atom. The lowest BCUT2D eigenvalue weighted by Gasteiger charge is -2.40. The van der Waals surface area contributed by atoms with Crippen LogP contribution in [0.15, 0.2) is 36.5 Å². The van der Waals surface area contributed by atoms with E-state index in [9.17, 15) is 18.3 Å². The normalized spacial score (nSPS) is 19.1. The van der Waals surface area contributed by atoms with Crippen molar-refractivity contribution in [3.05, 3.63) is 58.8 Å². The van der Waals surface area contributed by atoms with Gasteiger partial charge in [-0.15, -0.1) is 0 Å². The number of ether oxygens (including phenoxy) is 1. The number of carbonyl (C=O) groups is 1. The van der Waals surface area contributed by atoms with Crippen molar-refractivity contribution in [2.45, 2.75) is 44.5 Å². The van der Waals surface area contributed by atoms with Gasteiger partial charge in [0.05, 0.1) is 17.9 Å². The van der Waals surface area contributed by atoms with E-state index in [2.05, 4.69) is 15.2 Å². The number of aromatic carboxylic acids is 1. The maximum Gasteiger partial charge on any atom is 0.337 e. The van der Waals surface area contributed by atoms with Gasteiger partial charge in [0.15, 0.2) is 9.84 Å². The first-order chi connectivity index (χ1) is 16.7. The number of benzene rings is 2. The minimum atomic E-state index is -3.21. The van der Waals surface area contributed by atoms with Gasteiger partial charge in [-0.2, -0.15) is 0 Å². The van der Waals surface area contributed by atoms with E-state index in [0.717, 1.165) is 33.3 Å². The molecule has 0 amide bonds. The van der Waals surface area contributed by atoms with E-state index >= 15 is 0 Å². The van der Waals surface area contributed by atoms with Crippen LogP contribution in [0.1, 0.15) is 52.9 Å². The summed E-state index contributed by atoms with van der Waals surface area (Å²) in [4.78, 5) is 17.2. The van der Waals surface area contributed by atoms with Crippen molar-refractivity contribution >= 4 is 32.4 Å². The molecule has 4 rings (SSSR count). The van der Waals surface area contributed by atoms with Gasteiger partial charge >= 0.3 is 5.97 Å². The monoisotopic (exact) mass is 499 g/mol.